The number of pyridine rings is 1. The number of benzene rings is 1. The maximum Gasteiger partial charge on any atom is 0.318 e. The molecule has 6 heteroatoms. The summed E-state index contributed by atoms with van der Waals surface area (Å²) in [6.45, 7) is 3.50. The van der Waals surface area contributed by atoms with Crippen LogP contribution < -0.4 is 5.32 Å². The van der Waals surface area contributed by atoms with Gasteiger partial charge in [0.1, 0.15) is 6.10 Å². The fraction of sp³-hybridized carbons (Fsp3) is 0.333. The number of rotatable bonds is 3. The molecule has 1 aromatic heterocycles. The van der Waals surface area contributed by atoms with Gasteiger partial charge in [0, 0.05) is 29.5 Å². The third kappa shape index (κ3) is 3.86. The lowest BCUT2D eigenvalue weighted by Crippen LogP contribution is -2.47. The number of hydrogen-bond donors (Lipinski definition) is 1. The highest BCUT2D eigenvalue weighted by Gasteiger charge is 2.27. The van der Waals surface area contributed by atoms with Gasteiger partial charge in [0.15, 0.2) is 0 Å². The molecule has 0 bridgehead atoms. The summed E-state index contributed by atoms with van der Waals surface area (Å²) in [5.74, 6) is 0. The number of nitrogens with zero attached hydrogens (tertiary/aromatic N) is 2. The summed E-state index contributed by atoms with van der Waals surface area (Å²) in [6.07, 6.45) is 3.25. The number of ether oxygens (including phenoxy) is 1. The first-order chi connectivity index (χ1) is 11.6. The molecule has 2 amide bonds. The van der Waals surface area contributed by atoms with E-state index in [0.29, 0.717) is 24.7 Å². The first-order valence-electron chi connectivity index (χ1n) is 7.96. The van der Waals surface area contributed by atoms with Crippen LogP contribution in [-0.4, -0.2) is 35.6 Å². The molecule has 2 aromatic rings. The minimum atomic E-state index is -0.200. The Bertz CT molecular complexity index is 696. The van der Waals surface area contributed by atoms with E-state index in [1.54, 1.807) is 17.3 Å². The van der Waals surface area contributed by atoms with Crippen molar-refractivity contribution in [3.8, 4) is 0 Å². The quantitative estimate of drug-likeness (QED) is 0.925. The van der Waals surface area contributed by atoms with Crippen LogP contribution in [0.4, 0.5) is 4.79 Å². The summed E-state index contributed by atoms with van der Waals surface area (Å²) < 4.78 is 5.80. The molecule has 24 heavy (non-hydrogen) atoms. The van der Waals surface area contributed by atoms with Crippen molar-refractivity contribution in [2.45, 2.75) is 19.1 Å². The van der Waals surface area contributed by atoms with Crippen molar-refractivity contribution in [3.05, 3.63) is 64.9 Å². The largest absolute Gasteiger partial charge is 0.370 e. The maximum atomic E-state index is 12.6. The van der Waals surface area contributed by atoms with Gasteiger partial charge in [-0.25, -0.2) is 4.79 Å². The molecular weight excluding hydrogens is 326 g/mol. The van der Waals surface area contributed by atoms with Crippen LogP contribution in [0.1, 0.15) is 30.2 Å². The Balaban J connectivity index is 1.64. The Kier molecular flexibility index (Phi) is 5.33. The highest BCUT2D eigenvalue weighted by atomic mass is 35.5. The van der Waals surface area contributed by atoms with Crippen molar-refractivity contribution in [2.75, 3.05) is 19.7 Å². The third-order valence-corrected chi connectivity index (χ3v) is 4.50. The van der Waals surface area contributed by atoms with Crippen LogP contribution in [-0.2, 0) is 4.74 Å². The molecule has 2 heterocycles. The van der Waals surface area contributed by atoms with Crippen molar-refractivity contribution in [2.24, 2.45) is 0 Å². The lowest BCUT2D eigenvalue weighted by Gasteiger charge is -2.34. The number of morpholine rings is 1. The summed E-state index contributed by atoms with van der Waals surface area (Å²) in [5, 5.41) is 3.69. The van der Waals surface area contributed by atoms with E-state index in [0.717, 1.165) is 11.1 Å². The molecular formula is C18H20ClN3O2. The van der Waals surface area contributed by atoms with Gasteiger partial charge < -0.3 is 15.0 Å². The van der Waals surface area contributed by atoms with Crippen molar-refractivity contribution in [1.29, 1.82) is 0 Å². The van der Waals surface area contributed by atoms with Gasteiger partial charge in [-0.1, -0.05) is 29.8 Å². The number of aromatic nitrogens is 1. The Morgan fingerprint density at radius 2 is 2.08 bits per heavy atom. The average Bonchev–Trinajstić information content (AvgIpc) is 2.63. The van der Waals surface area contributed by atoms with E-state index in [-0.39, 0.29) is 18.2 Å². The summed E-state index contributed by atoms with van der Waals surface area (Å²) in [7, 11) is 0. The lowest BCUT2D eigenvalue weighted by atomic mass is 10.1. The van der Waals surface area contributed by atoms with Gasteiger partial charge in [-0.3, -0.25) is 4.98 Å². The van der Waals surface area contributed by atoms with E-state index in [9.17, 15) is 4.79 Å². The normalized spacial score (nSPS) is 18.9. The molecule has 1 aliphatic rings. The molecule has 1 fully saturated rings. The average molecular weight is 346 g/mol. The smallest absolute Gasteiger partial charge is 0.318 e. The van der Waals surface area contributed by atoms with Crippen LogP contribution >= 0.6 is 11.6 Å². The number of hydrogen-bond acceptors (Lipinski definition) is 3. The zero-order chi connectivity index (χ0) is 16.9. The van der Waals surface area contributed by atoms with Crippen LogP contribution in [0.15, 0.2) is 48.8 Å². The zero-order valence-electron chi connectivity index (χ0n) is 13.5. The summed E-state index contributed by atoms with van der Waals surface area (Å²) >= 11 is 6.24. The van der Waals surface area contributed by atoms with E-state index in [1.807, 2.05) is 43.3 Å². The first kappa shape index (κ1) is 16.7. The van der Waals surface area contributed by atoms with Crippen LogP contribution in [0, 0.1) is 0 Å². The van der Waals surface area contributed by atoms with Crippen molar-refractivity contribution in [3.63, 3.8) is 0 Å². The Morgan fingerprint density at radius 1 is 1.33 bits per heavy atom. The first-order valence-corrected chi connectivity index (χ1v) is 8.34. The van der Waals surface area contributed by atoms with Crippen LogP contribution in [0.25, 0.3) is 0 Å². The predicted octanol–water partition coefficient (Wildman–Crippen LogP) is 3.58. The third-order valence-electron chi connectivity index (χ3n) is 4.15. The molecule has 2 atom stereocenters. The molecule has 1 aliphatic heterocycles. The number of nitrogens with one attached hydrogen (secondary N) is 1. The van der Waals surface area contributed by atoms with Crippen LogP contribution in [0.2, 0.25) is 5.02 Å². The number of urea groups is 1. The summed E-state index contributed by atoms with van der Waals surface area (Å²) in [6, 6.07) is 11.2. The van der Waals surface area contributed by atoms with E-state index in [2.05, 4.69) is 10.3 Å². The lowest BCUT2D eigenvalue weighted by molar-refractivity contribution is -0.0156. The molecule has 0 spiro atoms. The fourth-order valence-corrected chi connectivity index (χ4v) is 3.03. The molecule has 0 unspecified atom stereocenters. The van der Waals surface area contributed by atoms with Gasteiger partial charge in [-0.2, -0.15) is 0 Å². The van der Waals surface area contributed by atoms with Crippen molar-refractivity contribution < 1.29 is 9.53 Å². The molecule has 0 aliphatic carbocycles. The van der Waals surface area contributed by atoms with Gasteiger partial charge in [0.25, 0.3) is 0 Å². The molecule has 1 saturated heterocycles. The minimum absolute atomic E-state index is 0.0814. The number of halogens is 1. The van der Waals surface area contributed by atoms with E-state index >= 15 is 0 Å². The topological polar surface area (TPSA) is 54.5 Å². The monoisotopic (exact) mass is 345 g/mol. The van der Waals surface area contributed by atoms with E-state index < -0.39 is 0 Å². The SMILES string of the molecule is C[C@H](NC(=O)N1CCO[C@@H](c2ccccc2Cl)C1)c1ccncc1. The second-order valence-electron chi connectivity index (χ2n) is 5.78. The van der Waals surface area contributed by atoms with Gasteiger partial charge in [0.05, 0.1) is 19.2 Å². The second-order valence-corrected chi connectivity index (χ2v) is 6.19. The van der Waals surface area contributed by atoms with Crippen molar-refractivity contribution >= 4 is 17.6 Å². The molecule has 126 valence electrons. The zero-order valence-corrected chi connectivity index (χ0v) is 14.2. The van der Waals surface area contributed by atoms with Gasteiger partial charge in [-0.05, 0) is 30.7 Å². The number of amides is 2. The van der Waals surface area contributed by atoms with Gasteiger partial charge in [-0.15, -0.1) is 0 Å². The van der Waals surface area contributed by atoms with Crippen molar-refractivity contribution in [1.82, 2.24) is 15.2 Å². The molecule has 0 saturated carbocycles. The Labute approximate surface area is 146 Å². The second kappa shape index (κ2) is 7.64. The predicted molar refractivity (Wildman–Crippen MR) is 92.9 cm³/mol. The summed E-state index contributed by atoms with van der Waals surface area (Å²) in [4.78, 5) is 18.3. The summed E-state index contributed by atoms with van der Waals surface area (Å²) in [5.41, 5.74) is 1.94. The highest BCUT2D eigenvalue weighted by molar-refractivity contribution is 6.31. The van der Waals surface area contributed by atoms with E-state index in [1.165, 1.54) is 0 Å². The fourth-order valence-electron chi connectivity index (χ4n) is 2.77. The molecule has 1 aromatic carbocycles. The number of carbonyl (C=O) groups is 1. The minimum Gasteiger partial charge on any atom is -0.370 e. The molecule has 5 nitrogen and oxygen atoms in total. The highest BCUT2D eigenvalue weighted by Crippen LogP contribution is 2.28. The molecule has 0 radical (unpaired) electrons. The standard InChI is InChI=1S/C18H20ClN3O2/c1-13(14-6-8-20-9-7-14)21-18(23)22-10-11-24-17(12-22)15-4-2-3-5-16(15)19/h2-9,13,17H,10-12H2,1H3,(H,21,23)/t13-,17+/m0/s1. The van der Waals surface area contributed by atoms with Crippen LogP contribution in [0.3, 0.4) is 0 Å². The number of carbonyl (C=O) groups excluding carboxylic acids is 1. The maximum absolute atomic E-state index is 12.6. The Hall–Kier alpha value is -2.11. The van der Waals surface area contributed by atoms with Crippen LogP contribution in [0.5, 0.6) is 0 Å². The molecule has 3 rings (SSSR count). The van der Waals surface area contributed by atoms with Gasteiger partial charge >= 0.3 is 6.03 Å². The Morgan fingerprint density at radius 3 is 2.83 bits per heavy atom. The molecule has 1 N–H and O–H groups in total. The van der Waals surface area contributed by atoms with E-state index in [4.69, 9.17) is 16.3 Å². The van der Waals surface area contributed by atoms with Gasteiger partial charge in [0.2, 0.25) is 0 Å².